The average Bonchev–Trinajstić information content (AvgIpc) is 2.68. The lowest BCUT2D eigenvalue weighted by Gasteiger charge is -2.23. The highest BCUT2D eigenvalue weighted by Crippen LogP contribution is 2.19. The smallest absolute Gasteiger partial charge is 0.251 e. The first-order valence-electron chi connectivity index (χ1n) is 10.1. The highest BCUT2D eigenvalue weighted by molar-refractivity contribution is 5.95. The first kappa shape index (κ1) is 18.7. The number of nitrogens with one attached hydrogen (secondary N) is 3. The highest BCUT2D eigenvalue weighted by atomic mass is 16.2. The number of hydrogen-bond acceptors (Lipinski definition) is 3. The van der Waals surface area contributed by atoms with Gasteiger partial charge in [-0.1, -0.05) is 44.6 Å². The van der Waals surface area contributed by atoms with Gasteiger partial charge in [-0.25, -0.2) is 0 Å². The molecular formula is C21H31N3O2. The number of carbonyl (C=O) groups excluding carboxylic acids is 2. The molecule has 2 amide bonds. The molecule has 2 aliphatic carbocycles. The van der Waals surface area contributed by atoms with E-state index in [1.54, 1.807) is 0 Å². The fourth-order valence-electron chi connectivity index (χ4n) is 3.99. The third-order valence-corrected chi connectivity index (χ3v) is 5.49. The van der Waals surface area contributed by atoms with Crippen LogP contribution in [0.3, 0.4) is 0 Å². The van der Waals surface area contributed by atoms with E-state index < -0.39 is 0 Å². The molecule has 142 valence electrons. The van der Waals surface area contributed by atoms with Crippen LogP contribution < -0.4 is 16.0 Å². The first-order valence-corrected chi connectivity index (χ1v) is 10.1. The van der Waals surface area contributed by atoms with Crippen LogP contribution in [0.2, 0.25) is 0 Å². The Morgan fingerprint density at radius 2 is 1.46 bits per heavy atom. The number of hydrogen-bond donors (Lipinski definition) is 3. The molecule has 2 aliphatic rings. The minimum Gasteiger partial charge on any atom is -0.376 e. The Hall–Kier alpha value is -2.04. The van der Waals surface area contributed by atoms with Crippen LogP contribution in [0, 0.1) is 0 Å². The molecule has 5 nitrogen and oxygen atoms in total. The van der Waals surface area contributed by atoms with Gasteiger partial charge in [0, 0.05) is 23.3 Å². The van der Waals surface area contributed by atoms with Crippen LogP contribution in [-0.4, -0.2) is 30.4 Å². The molecule has 2 fully saturated rings. The van der Waals surface area contributed by atoms with Gasteiger partial charge in [-0.15, -0.1) is 0 Å². The third-order valence-electron chi connectivity index (χ3n) is 5.49. The van der Waals surface area contributed by atoms with Crippen LogP contribution >= 0.6 is 0 Å². The second-order valence-electron chi connectivity index (χ2n) is 7.65. The van der Waals surface area contributed by atoms with E-state index in [2.05, 4.69) is 16.0 Å². The molecule has 26 heavy (non-hydrogen) atoms. The summed E-state index contributed by atoms with van der Waals surface area (Å²) < 4.78 is 0. The Balaban J connectivity index is 1.47. The zero-order chi connectivity index (χ0) is 18.2. The maximum absolute atomic E-state index is 12.4. The maximum Gasteiger partial charge on any atom is 0.251 e. The van der Waals surface area contributed by atoms with Crippen LogP contribution in [0.25, 0.3) is 0 Å². The van der Waals surface area contributed by atoms with E-state index in [0.717, 1.165) is 31.4 Å². The van der Waals surface area contributed by atoms with Gasteiger partial charge in [-0.05, 0) is 43.9 Å². The van der Waals surface area contributed by atoms with Crippen molar-refractivity contribution in [1.29, 1.82) is 0 Å². The van der Waals surface area contributed by atoms with E-state index in [0.29, 0.717) is 17.6 Å². The largest absolute Gasteiger partial charge is 0.376 e. The molecule has 0 heterocycles. The molecule has 0 atom stereocenters. The highest BCUT2D eigenvalue weighted by Gasteiger charge is 2.17. The van der Waals surface area contributed by atoms with Gasteiger partial charge >= 0.3 is 0 Å². The third kappa shape index (κ3) is 5.75. The van der Waals surface area contributed by atoms with E-state index in [-0.39, 0.29) is 18.4 Å². The standard InChI is InChI=1S/C21H31N3O2/c25-20(23-17-9-3-1-4-10-17)15-22-19-13-7-8-16(14-19)21(26)24-18-11-5-2-6-12-18/h7-8,13-14,17-18,22H,1-6,9-12,15H2,(H,23,25)(H,24,26). The quantitative estimate of drug-likeness (QED) is 0.728. The van der Waals surface area contributed by atoms with Crippen LogP contribution in [0.15, 0.2) is 24.3 Å². The topological polar surface area (TPSA) is 70.2 Å². The van der Waals surface area contributed by atoms with E-state index in [1.165, 1.54) is 38.5 Å². The summed E-state index contributed by atoms with van der Waals surface area (Å²) in [6.45, 7) is 0.240. The van der Waals surface area contributed by atoms with Gasteiger partial charge in [0.15, 0.2) is 0 Å². The van der Waals surface area contributed by atoms with Crippen molar-refractivity contribution in [2.45, 2.75) is 76.3 Å². The number of rotatable bonds is 6. The van der Waals surface area contributed by atoms with E-state index >= 15 is 0 Å². The molecule has 3 N–H and O–H groups in total. The van der Waals surface area contributed by atoms with Crippen LogP contribution in [0.1, 0.15) is 74.6 Å². The average molecular weight is 357 g/mol. The summed E-state index contributed by atoms with van der Waals surface area (Å²) in [6, 6.07) is 8.03. The summed E-state index contributed by atoms with van der Waals surface area (Å²) in [6.07, 6.45) is 11.7. The summed E-state index contributed by atoms with van der Waals surface area (Å²) in [5, 5.41) is 9.38. The van der Waals surface area contributed by atoms with Gasteiger partial charge in [0.2, 0.25) is 5.91 Å². The summed E-state index contributed by atoms with van der Waals surface area (Å²) in [4.78, 5) is 24.6. The molecule has 0 unspecified atom stereocenters. The first-order chi connectivity index (χ1) is 12.7. The molecule has 2 saturated carbocycles. The van der Waals surface area contributed by atoms with Crippen molar-refractivity contribution >= 4 is 17.5 Å². The number of anilines is 1. The van der Waals surface area contributed by atoms with Gasteiger partial charge in [-0.3, -0.25) is 9.59 Å². The Labute approximate surface area is 156 Å². The van der Waals surface area contributed by atoms with Crippen molar-refractivity contribution in [1.82, 2.24) is 10.6 Å². The van der Waals surface area contributed by atoms with E-state index in [4.69, 9.17) is 0 Å². The van der Waals surface area contributed by atoms with Gasteiger partial charge in [0.1, 0.15) is 0 Å². The van der Waals surface area contributed by atoms with Crippen molar-refractivity contribution in [3.05, 3.63) is 29.8 Å². The van der Waals surface area contributed by atoms with E-state index in [9.17, 15) is 9.59 Å². The van der Waals surface area contributed by atoms with Gasteiger partial charge in [0.25, 0.3) is 5.91 Å². The molecule has 0 aliphatic heterocycles. The number of amides is 2. The van der Waals surface area contributed by atoms with Gasteiger partial charge in [0.05, 0.1) is 6.54 Å². The Kier molecular flexibility index (Phi) is 6.92. The SMILES string of the molecule is O=C(CNc1cccc(C(=O)NC2CCCCC2)c1)NC1CCCCC1. The predicted molar refractivity (Wildman–Crippen MR) is 104 cm³/mol. The zero-order valence-corrected chi connectivity index (χ0v) is 15.6. The molecule has 0 aromatic heterocycles. The normalized spacial score (nSPS) is 18.9. The minimum absolute atomic E-state index is 0.0211. The lowest BCUT2D eigenvalue weighted by Crippen LogP contribution is -2.39. The predicted octanol–water partition coefficient (Wildman–Crippen LogP) is 3.61. The second kappa shape index (κ2) is 9.60. The molecular weight excluding hydrogens is 326 g/mol. The fraction of sp³-hybridized carbons (Fsp3) is 0.619. The minimum atomic E-state index is -0.0211. The van der Waals surface area contributed by atoms with Crippen molar-refractivity contribution in [3.63, 3.8) is 0 Å². The lowest BCUT2D eigenvalue weighted by atomic mass is 9.95. The fourth-order valence-corrected chi connectivity index (χ4v) is 3.99. The molecule has 1 aromatic carbocycles. The Morgan fingerprint density at radius 1 is 0.846 bits per heavy atom. The summed E-state index contributed by atoms with van der Waals surface area (Å²) >= 11 is 0. The zero-order valence-electron chi connectivity index (χ0n) is 15.6. The molecule has 0 spiro atoms. The molecule has 1 aromatic rings. The Morgan fingerprint density at radius 3 is 2.12 bits per heavy atom. The van der Waals surface area contributed by atoms with Crippen molar-refractivity contribution < 1.29 is 9.59 Å². The van der Waals surface area contributed by atoms with Crippen LogP contribution in [0.5, 0.6) is 0 Å². The second-order valence-corrected chi connectivity index (χ2v) is 7.65. The molecule has 0 bridgehead atoms. The molecule has 3 rings (SSSR count). The van der Waals surface area contributed by atoms with Crippen molar-refractivity contribution in [3.8, 4) is 0 Å². The number of benzene rings is 1. The van der Waals surface area contributed by atoms with Crippen molar-refractivity contribution in [2.24, 2.45) is 0 Å². The van der Waals surface area contributed by atoms with Crippen LogP contribution in [-0.2, 0) is 4.79 Å². The van der Waals surface area contributed by atoms with Gasteiger partial charge < -0.3 is 16.0 Å². The summed E-state index contributed by atoms with van der Waals surface area (Å²) in [5.41, 5.74) is 1.45. The molecule has 0 radical (unpaired) electrons. The molecule has 0 saturated heterocycles. The maximum atomic E-state index is 12.4. The van der Waals surface area contributed by atoms with Crippen LogP contribution in [0.4, 0.5) is 5.69 Å². The van der Waals surface area contributed by atoms with E-state index in [1.807, 2.05) is 24.3 Å². The van der Waals surface area contributed by atoms with Crippen molar-refractivity contribution in [2.75, 3.05) is 11.9 Å². The monoisotopic (exact) mass is 357 g/mol. The summed E-state index contributed by atoms with van der Waals surface area (Å²) in [7, 11) is 0. The van der Waals surface area contributed by atoms with Gasteiger partial charge in [-0.2, -0.15) is 0 Å². The Bertz CT molecular complexity index is 605. The number of carbonyl (C=O) groups is 2. The lowest BCUT2D eigenvalue weighted by molar-refractivity contribution is -0.120. The molecule has 5 heteroatoms. The summed E-state index contributed by atoms with van der Waals surface area (Å²) in [5.74, 6) is 0.00108.